The molecule has 0 aliphatic heterocycles. The van der Waals surface area contributed by atoms with Crippen molar-refractivity contribution in [1.82, 2.24) is 0 Å². The quantitative estimate of drug-likeness (QED) is 0.592. The lowest BCUT2D eigenvalue weighted by Crippen LogP contribution is -1.88. The van der Waals surface area contributed by atoms with Gasteiger partial charge in [-0.2, -0.15) is 0 Å². The van der Waals surface area contributed by atoms with E-state index in [1.54, 1.807) is 6.21 Å². The summed E-state index contributed by atoms with van der Waals surface area (Å²) in [5.41, 5.74) is 1.99. The van der Waals surface area contributed by atoms with Crippen LogP contribution in [0.5, 0.6) is 0 Å². The summed E-state index contributed by atoms with van der Waals surface area (Å²) in [6, 6.07) is 15.3. The van der Waals surface area contributed by atoms with Gasteiger partial charge in [-0.25, -0.2) is 0 Å². The van der Waals surface area contributed by atoms with Gasteiger partial charge < -0.3 is 4.84 Å². The summed E-state index contributed by atoms with van der Waals surface area (Å²) in [5, 5.41) is 4.61. The average molecular weight is 325 g/mol. The van der Waals surface area contributed by atoms with Crippen LogP contribution in [0.4, 0.5) is 0 Å². The molecule has 0 spiro atoms. The van der Waals surface area contributed by atoms with E-state index in [4.69, 9.17) is 16.4 Å². The molecule has 0 aromatic heterocycles. The van der Waals surface area contributed by atoms with Crippen molar-refractivity contribution < 1.29 is 4.84 Å². The smallest absolute Gasteiger partial charge is 0.142 e. The molecule has 2 nitrogen and oxygen atoms in total. The van der Waals surface area contributed by atoms with Gasteiger partial charge in [0.25, 0.3) is 0 Å². The Morgan fingerprint density at radius 3 is 2.67 bits per heavy atom. The van der Waals surface area contributed by atoms with Crippen molar-refractivity contribution in [3.8, 4) is 0 Å². The normalized spacial score (nSPS) is 10.8. The standard InChI is InChI=1S/C14H11BrClNO/c15-13-6-4-11(5-7-13)9-17-18-10-12-2-1-3-14(16)8-12/h1-9H,10H2. The van der Waals surface area contributed by atoms with Crippen molar-refractivity contribution in [1.29, 1.82) is 0 Å². The molecule has 0 saturated heterocycles. The first-order valence-electron chi connectivity index (χ1n) is 5.39. The third-order valence-corrected chi connectivity index (χ3v) is 3.03. The number of rotatable bonds is 4. The Morgan fingerprint density at radius 2 is 1.94 bits per heavy atom. The van der Waals surface area contributed by atoms with E-state index in [-0.39, 0.29) is 0 Å². The zero-order valence-corrected chi connectivity index (χ0v) is 11.9. The van der Waals surface area contributed by atoms with Gasteiger partial charge in [0.1, 0.15) is 6.61 Å². The van der Waals surface area contributed by atoms with Crippen LogP contribution in [0.25, 0.3) is 0 Å². The number of halogens is 2. The topological polar surface area (TPSA) is 21.6 Å². The molecule has 4 heteroatoms. The van der Waals surface area contributed by atoms with Crippen molar-refractivity contribution in [3.63, 3.8) is 0 Å². The van der Waals surface area contributed by atoms with E-state index in [0.717, 1.165) is 15.6 Å². The summed E-state index contributed by atoms with van der Waals surface area (Å²) in [7, 11) is 0. The van der Waals surface area contributed by atoms with Crippen molar-refractivity contribution >= 4 is 33.7 Å². The fourth-order valence-corrected chi connectivity index (χ4v) is 1.86. The molecule has 0 bridgehead atoms. The minimum atomic E-state index is 0.410. The lowest BCUT2D eigenvalue weighted by molar-refractivity contribution is 0.132. The largest absolute Gasteiger partial charge is 0.391 e. The van der Waals surface area contributed by atoms with Crippen LogP contribution in [-0.2, 0) is 11.4 Å². The number of nitrogens with zero attached hydrogens (tertiary/aromatic N) is 1. The third kappa shape index (κ3) is 4.17. The van der Waals surface area contributed by atoms with Gasteiger partial charge in [-0.05, 0) is 35.4 Å². The number of hydrogen-bond acceptors (Lipinski definition) is 2. The number of benzene rings is 2. The minimum Gasteiger partial charge on any atom is -0.391 e. The second kappa shape index (κ2) is 6.57. The SMILES string of the molecule is Clc1cccc(CON=Cc2ccc(Br)cc2)c1. The molecule has 0 fully saturated rings. The lowest BCUT2D eigenvalue weighted by atomic mass is 10.2. The summed E-state index contributed by atoms with van der Waals surface area (Å²) in [4.78, 5) is 5.21. The summed E-state index contributed by atoms with van der Waals surface area (Å²) in [5.74, 6) is 0. The zero-order valence-electron chi connectivity index (χ0n) is 9.51. The Kier molecular flexibility index (Phi) is 4.79. The number of hydrogen-bond donors (Lipinski definition) is 0. The summed E-state index contributed by atoms with van der Waals surface area (Å²) < 4.78 is 1.04. The lowest BCUT2D eigenvalue weighted by Gasteiger charge is -2.00. The first kappa shape index (κ1) is 13.1. The summed E-state index contributed by atoms with van der Waals surface area (Å²) in [6.45, 7) is 0.410. The van der Waals surface area contributed by atoms with Gasteiger partial charge in [0.15, 0.2) is 0 Å². The highest BCUT2D eigenvalue weighted by Gasteiger charge is 1.93. The third-order valence-electron chi connectivity index (χ3n) is 2.27. The molecule has 0 aliphatic rings. The minimum absolute atomic E-state index is 0.410. The zero-order chi connectivity index (χ0) is 12.8. The molecule has 2 rings (SSSR count). The first-order chi connectivity index (χ1) is 8.74. The van der Waals surface area contributed by atoms with E-state index in [0.29, 0.717) is 11.6 Å². The predicted molar refractivity (Wildman–Crippen MR) is 78.0 cm³/mol. The second-order valence-electron chi connectivity index (χ2n) is 3.69. The van der Waals surface area contributed by atoms with Crippen molar-refractivity contribution in [2.45, 2.75) is 6.61 Å². The highest BCUT2D eigenvalue weighted by atomic mass is 79.9. The second-order valence-corrected chi connectivity index (χ2v) is 5.04. The molecule has 0 heterocycles. The molecule has 92 valence electrons. The molecule has 0 unspecified atom stereocenters. The molecule has 18 heavy (non-hydrogen) atoms. The van der Waals surface area contributed by atoms with E-state index < -0.39 is 0 Å². The van der Waals surface area contributed by atoms with Crippen molar-refractivity contribution in [3.05, 3.63) is 69.2 Å². The maximum Gasteiger partial charge on any atom is 0.142 e. The molecule has 0 N–H and O–H groups in total. The van der Waals surface area contributed by atoms with Gasteiger partial charge in [0.2, 0.25) is 0 Å². The molecule has 0 radical (unpaired) electrons. The van der Waals surface area contributed by atoms with Crippen LogP contribution in [0.3, 0.4) is 0 Å². The van der Waals surface area contributed by atoms with Crippen LogP contribution in [-0.4, -0.2) is 6.21 Å². The van der Waals surface area contributed by atoms with Gasteiger partial charge in [0.05, 0.1) is 6.21 Å². The maximum absolute atomic E-state index is 5.87. The molecule has 2 aromatic rings. The van der Waals surface area contributed by atoms with Crippen LogP contribution >= 0.6 is 27.5 Å². The van der Waals surface area contributed by atoms with Gasteiger partial charge in [0, 0.05) is 9.50 Å². The molecule has 0 aliphatic carbocycles. The van der Waals surface area contributed by atoms with Crippen molar-refractivity contribution in [2.75, 3.05) is 0 Å². The highest BCUT2D eigenvalue weighted by molar-refractivity contribution is 9.10. The van der Waals surface area contributed by atoms with Crippen molar-refractivity contribution in [2.24, 2.45) is 5.16 Å². The van der Waals surface area contributed by atoms with E-state index in [2.05, 4.69) is 21.1 Å². The molecule has 0 amide bonds. The van der Waals surface area contributed by atoms with Crippen LogP contribution in [0, 0.1) is 0 Å². The Labute approximate surface area is 119 Å². The van der Waals surface area contributed by atoms with Crippen LogP contribution in [0.1, 0.15) is 11.1 Å². The maximum atomic E-state index is 5.87. The van der Waals surface area contributed by atoms with Crippen LogP contribution in [0.15, 0.2) is 58.2 Å². The first-order valence-corrected chi connectivity index (χ1v) is 6.56. The molecule has 0 atom stereocenters. The highest BCUT2D eigenvalue weighted by Crippen LogP contribution is 2.12. The molecular formula is C14H11BrClNO. The van der Waals surface area contributed by atoms with Crippen LogP contribution in [0.2, 0.25) is 5.02 Å². The monoisotopic (exact) mass is 323 g/mol. The molecule has 2 aromatic carbocycles. The van der Waals surface area contributed by atoms with Gasteiger partial charge in [-0.1, -0.05) is 57.0 Å². The van der Waals surface area contributed by atoms with Gasteiger partial charge >= 0.3 is 0 Å². The van der Waals surface area contributed by atoms with Gasteiger partial charge in [-0.3, -0.25) is 0 Å². The predicted octanol–water partition coefficient (Wildman–Crippen LogP) is 4.65. The Bertz CT molecular complexity index is 540. The summed E-state index contributed by atoms with van der Waals surface area (Å²) in [6.07, 6.45) is 1.68. The van der Waals surface area contributed by atoms with E-state index >= 15 is 0 Å². The van der Waals surface area contributed by atoms with Gasteiger partial charge in [-0.15, -0.1) is 0 Å². The number of oxime groups is 1. The molecular weight excluding hydrogens is 314 g/mol. The van der Waals surface area contributed by atoms with Crippen LogP contribution < -0.4 is 0 Å². The molecule has 0 saturated carbocycles. The Hall–Kier alpha value is -1.32. The fraction of sp³-hybridized carbons (Fsp3) is 0.0714. The Morgan fingerprint density at radius 1 is 1.17 bits per heavy atom. The average Bonchev–Trinajstić information content (AvgIpc) is 2.37. The van der Waals surface area contributed by atoms with E-state index in [1.165, 1.54) is 0 Å². The Balaban J connectivity index is 1.87. The van der Waals surface area contributed by atoms with E-state index in [1.807, 2.05) is 48.5 Å². The fourth-order valence-electron chi connectivity index (χ4n) is 1.39. The summed E-state index contributed by atoms with van der Waals surface area (Å²) >= 11 is 9.25. The van der Waals surface area contributed by atoms with E-state index in [9.17, 15) is 0 Å².